The lowest BCUT2D eigenvalue weighted by molar-refractivity contribution is 0.0913. The van der Waals surface area contributed by atoms with Gasteiger partial charge in [-0.1, -0.05) is 6.07 Å². The molecule has 0 bridgehead atoms. The summed E-state index contributed by atoms with van der Waals surface area (Å²) in [6.07, 6.45) is 0.775. The smallest absolute Gasteiger partial charge is 0.287 e. The van der Waals surface area contributed by atoms with Crippen molar-refractivity contribution in [2.75, 3.05) is 34.4 Å². The molecular formula is C24H31N5O5. The van der Waals surface area contributed by atoms with Crippen LogP contribution in [0.2, 0.25) is 0 Å². The number of carbonyl (C=O) groups is 1. The predicted molar refractivity (Wildman–Crippen MR) is 124 cm³/mol. The summed E-state index contributed by atoms with van der Waals surface area (Å²) in [7, 11) is 4.94. The maximum absolute atomic E-state index is 12.5. The van der Waals surface area contributed by atoms with Crippen molar-refractivity contribution in [3.8, 4) is 11.5 Å². The van der Waals surface area contributed by atoms with Crippen molar-refractivity contribution in [3.05, 3.63) is 58.6 Å². The van der Waals surface area contributed by atoms with E-state index in [2.05, 4.69) is 31.0 Å². The number of amides is 1. The van der Waals surface area contributed by atoms with Gasteiger partial charge in [0.1, 0.15) is 29.7 Å². The molecule has 0 saturated carbocycles. The number of hydrogen-bond acceptors (Lipinski definition) is 8. The molecule has 10 nitrogen and oxygen atoms in total. The predicted octanol–water partition coefficient (Wildman–Crippen LogP) is 2.33. The van der Waals surface area contributed by atoms with E-state index in [0.717, 1.165) is 66.9 Å². The Kier molecular flexibility index (Phi) is 7.49. The number of hydrogen-bond donors (Lipinski definition) is 1. The first-order valence-electron chi connectivity index (χ1n) is 11.2. The molecule has 1 aromatic carbocycles. The zero-order valence-corrected chi connectivity index (χ0v) is 20.1. The number of carbonyl (C=O) groups excluding carboxylic acids is 1. The van der Waals surface area contributed by atoms with Gasteiger partial charge in [-0.2, -0.15) is 0 Å². The van der Waals surface area contributed by atoms with Crippen molar-refractivity contribution in [2.24, 2.45) is 0 Å². The number of rotatable bonds is 9. The van der Waals surface area contributed by atoms with Crippen molar-refractivity contribution >= 4 is 5.91 Å². The molecule has 3 heterocycles. The Bertz CT molecular complexity index is 1140. The Labute approximate surface area is 198 Å². The van der Waals surface area contributed by atoms with Crippen LogP contribution in [0.15, 0.2) is 28.7 Å². The minimum Gasteiger partial charge on any atom is -0.496 e. The molecule has 3 aromatic rings. The van der Waals surface area contributed by atoms with E-state index in [1.165, 1.54) is 0 Å². The fourth-order valence-corrected chi connectivity index (χ4v) is 4.28. The lowest BCUT2D eigenvalue weighted by atomic mass is 10.1. The van der Waals surface area contributed by atoms with E-state index in [4.69, 9.17) is 18.6 Å². The van der Waals surface area contributed by atoms with Crippen LogP contribution in [0.25, 0.3) is 0 Å². The van der Waals surface area contributed by atoms with Crippen molar-refractivity contribution in [1.29, 1.82) is 0 Å². The van der Waals surface area contributed by atoms with E-state index in [9.17, 15) is 4.79 Å². The van der Waals surface area contributed by atoms with Gasteiger partial charge in [-0.15, -0.1) is 10.2 Å². The Morgan fingerprint density at radius 3 is 2.71 bits per heavy atom. The first-order valence-corrected chi connectivity index (χ1v) is 11.2. The number of ether oxygens (including phenoxy) is 3. The molecule has 1 aliphatic heterocycles. The number of nitrogens with one attached hydrogen (secondary N) is 1. The summed E-state index contributed by atoms with van der Waals surface area (Å²) in [4.78, 5) is 14.8. The second-order valence-electron chi connectivity index (χ2n) is 8.18. The first kappa shape index (κ1) is 23.8. The van der Waals surface area contributed by atoms with Gasteiger partial charge in [0.25, 0.3) is 5.91 Å². The van der Waals surface area contributed by atoms with Gasteiger partial charge in [-0.05, 0) is 25.1 Å². The van der Waals surface area contributed by atoms with E-state index in [1.54, 1.807) is 33.5 Å². The number of furan rings is 1. The van der Waals surface area contributed by atoms with Crippen LogP contribution in [0.5, 0.6) is 11.5 Å². The van der Waals surface area contributed by atoms with Crippen molar-refractivity contribution < 1.29 is 23.4 Å². The third kappa shape index (κ3) is 5.07. The molecule has 182 valence electrons. The summed E-state index contributed by atoms with van der Waals surface area (Å²) >= 11 is 0. The molecule has 0 spiro atoms. The van der Waals surface area contributed by atoms with E-state index in [-0.39, 0.29) is 18.2 Å². The summed E-state index contributed by atoms with van der Waals surface area (Å²) < 4.78 is 23.7. The molecule has 0 saturated heterocycles. The van der Waals surface area contributed by atoms with Crippen molar-refractivity contribution in [2.45, 2.75) is 39.6 Å². The quantitative estimate of drug-likeness (QED) is 0.509. The Balaban J connectivity index is 1.38. The average molecular weight is 470 g/mol. The van der Waals surface area contributed by atoms with E-state index in [0.29, 0.717) is 12.4 Å². The molecule has 0 atom stereocenters. The van der Waals surface area contributed by atoms with Crippen LogP contribution in [0.3, 0.4) is 0 Å². The molecule has 0 aliphatic carbocycles. The van der Waals surface area contributed by atoms with Gasteiger partial charge < -0.3 is 28.5 Å². The number of nitrogens with zero attached hydrogens (tertiary/aromatic N) is 4. The minimum atomic E-state index is -0.295. The molecule has 1 aliphatic rings. The molecule has 1 N–H and O–H groups in total. The maximum Gasteiger partial charge on any atom is 0.287 e. The highest BCUT2D eigenvalue weighted by Crippen LogP contribution is 2.32. The monoisotopic (exact) mass is 469 g/mol. The Morgan fingerprint density at radius 1 is 1.09 bits per heavy atom. The summed E-state index contributed by atoms with van der Waals surface area (Å²) in [6, 6.07) is 7.41. The fraction of sp³-hybridized carbons (Fsp3) is 0.458. The fourth-order valence-electron chi connectivity index (χ4n) is 4.28. The summed E-state index contributed by atoms with van der Waals surface area (Å²) in [6.45, 7) is 5.80. The Morgan fingerprint density at radius 2 is 1.94 bits per heavy atom. The van der Waals surface area contributed by atoms with E-state index >= 15 is 0 Å². The van der Waals surface area contributed by atoms with Gasteiger partial charge >= 0.3 is 0 Å². The number of benzene rings is 1. The molecule has 0 fully saturated rings. The highest BCUT2D eigenvalue weighted by Gasteiger charge is 2.21. The van der Waals surface area contributed by atoms with Crippen LogP contribution in [-0.4, -0.2) is 60.0 Å². The lowest BCUT2D eigenvalue weighted by Crippen LogP contribution is -2.28. The Hall–Kier alpha value is -3.37. The molecule has 10 heteroatoms. The number of methoxy groups -OCH3 is 3. The van der Waals surface area contributed by atoms with Gasteiger partial charge in [-0.25, -0.2) is 0 Å². The first-order chi connectivity index (χ1) is 16.5. The molecule has 1 amide bonds. The lowest BCUT2D eigenvalue weighted by Gasteiger charge is -2.22. The molecule has 0 unspecified atom stereocenters. The zero-order chi connectivity index (χ0) is 24.1. The zero-order valence-electron chi connectivity index (χ0n) is 20.1. The van der Waals surface area contributed by atoms with Gasteiger partial charge in [0.15, 0.2) is 11.6 Å². The normalized spacial score (nSPS) is 13.9. The molecular weight excluding hydrogens is 438 g/mol. The molecule has 34 heavy (non-hydrogen) atoms. The largest absolute Gasteiger partial charge is 0.496 e. The van der Waals surface area contributed by atoms with Crippen LogP contribution < -0.4 is 14.8 Å². The van der Waals surface area contributed by atoms with Crippen LogP contribution in [0, 0.1) is 6.92 Å². The third-order valence-electron chi connectivity index (χ3n) is 6.03. The van der Waals surface area contributed by atoms with Crippen molar-refractivity contribution in [3.63, 3.8) is 0 Å². The van der Waals surface area contributed by atoms with Gasteiger partial charge in [0.2, 0.25) is 0 Å². The third-order valence-corrected chi connectivity index (χ3v) is 6.03. The van der Waals surface area contributed by atoms with E-state index in [1.807, 2.05) is 13.0 Å². The maximum atomic E-state index is 12.5. The van der Waals surface area contributed by atoms with Gasteiger partial charge in [0.05, 0.1) is 20.8 Å². The van der Waals surface area contributed by atoms with Gasteiger partial charge in [0, 0.05) is 50.8 Å². The van der Waals surface area contributed by atoms with Crippen LogP contribution in [0.4, 0.5) is 0 Å². The van der Waals surface area contributed by atoms with E-state index < -0.39 is 0 Å². The highest BCUT2D eigenvalue weighted by atomic mass is 16.5. The summed E-state index contributed by atoms with van der Waals surface area (Å²) in [5, 5.41) is 11.5. The average Bonchev–Trinajstić information content (AvgIpc) is 3.41. The highest BCUT2D eigenvalue weighted by molar-refractivity contribution is 5.91. The van der Waals surface area contributed by atoms with Crippen molar-refractivity contribution in [1.82, 2.24) is 25.0 Å². The standard InChI is InChI=1S/C24H31N5O5/c1-16-19(32-3)7-5-17(23(16)33-4)14-28-10-9-21-26-27-22(29(21)12-11-28)13-25-24(30)20-8-6-18(34-20)15-31-2/h5-8H,9-15H2,1-4H3,(H,25,30). The molecule has 0 radical (unpaired) electrons. The van der Waals surface area contributed by atoms with Gasteiger partial charge in [-0.3, -0.25) is 9.69 Å². The van der Waals surface area contributed by atoms with Crippen LogP contribution in [-0.2, 0) is 37.4 Å². The molecule has 4 rings (SSSR count). The SMILES string of the molecule is COCc1ccc(C(=O)NCc2nnc3n2CCN(Cc2ccc(OC)c(C)c2OC)CC3)o1. The van der Waals surface area contributed by atoms with Crippen LogP contribution in [0.1, 0.15) is 39.1 Å². The van der Waals surface area contributed by atoms with Crippen LogP contribution >= 0.6 is 0 Å². The molecule has 2 aromatic heterocycles. The number of aromatic nitrogens is 3. The number of fused-ring (bicyclic) bond motifs is 1. The summed E-state index contributed by atoms with van der Waals surface area (Å²) in [5.41, 5.74) is 2.12. The topological polar surface area (TPSA) is 104 Å². The minimum absolute atomic E-state index is 0.248. The second-order valence-corrected chi connectivity index (χ2v) is 8.18. The summed E-state index contributed by atoms with van der Waals surface area (Å²) in [5.74, 6) is 3.89. The second kappa shape index (κ2) is 10.7.